The van der Waals surface area contributed by atoms with Crippen molar-refractivity contribution in [1.29, 1.82) is 0 Å². The number of nitrogens with zero attached hydrogens (tertiary/aromatic N) is 1. The molecule has 1 aromatic rings. The molecule has 0 atom stereocenters. The summed E-state index contributed by atoms with van der Waals surface area (Å²) in [5.74, 6) is 1.38. The number of hydrogen-bond acceptors (Lipinski definition) is 3. The first-order chi connectivity index (χ1) is 6.79. The third-order valence-electron chi connectivity index (χ3n) is 2.69. The molecular formula is C11H15NO2. The van der Waals surface area contributed by atoms with Crippen LogP contribution in [0.3, 0.4) is 0 Å². The zero-order valence-corrected chi connectivity index (χ0v) is 8.45. The summed E-state index contributed by atoms with van der Waals surface area (Å²) in [5, 5.41) is 0. The second-order valence-corrected chi connectivity index (χ2v) is 3.86. The molecule has 1 aliphatic rings. The number of furan rings is 1. The molecule has 0 N–H and O–H groups in total. The lowest BCUT2D eigenvalue weighted by Gasteiger charge is -2.11. The molecule has 0 unspecified atom stereocenters. The van der Waals surface area contributed by atoms with Crippen molar-refractivity contribution in [3.8, 4) is 0 Å². The molecule has 0 aromatic carbocycles. The average molecular weight is 193 g/mol. The van der Waals surface area contributed by atoms with E-state index in [1.807, 2.05) is 13.0 Å². The highest BCUT2D eigenvalue weighted by atomic mass is 16.3. The van der Waals surface area contributed by atoms with Crippen molar-refractivity contribution in [2.75, 3.05) is 13.1 Å². The third-order valence-corrected chi connectivity index (χ3v) is 2.69. The van der Waals surface area contributed by atoms with Crippen molar-refractivity contribution in [1.82, 2.24) is 4.90 Å². The van der Waals surface area contributed by atoms with Crippen LogP contribution in [0.15, 0.2) is 10.5 Å². The van der Waals surface area contributed by atoms with Crippen LogP contribution in [0.4, 0.5) is 0 Å². The van der Waals surface area contributed by atoms with Gasteiger partial charge in [-0.1, -0.05) is 0 Å². The lowest BCUT2D eigenvalue weighted by atomic mass is 10.3. The molecule has 2 heterocycles. The van der Waals surface area contributed by atoms with Gasteiger partial charge in [-0.2, -0.15) is 0 Å². The largest absolute Gasteiger partial charge is 0.457 e. The number of carbonyl (C=O) groups is 1. The predicted octanol–water partition coefficient (Wildman–Crippen LogP) is 2.00. The number of hydrogen-bond donors (Lipinski definition) is 0. The molecule has 1 fully saturated rings. The fourth-order valence-corrected chi connectivity index (χ4v) is 1.92. The van der Waals surface area contributed by atoms with Crippen LogP contribution in [0.1, 0.15) is 34.7 Å². The molecule has 3 nitrogen and oxygen atoms in total. The molecule has 1 aliphatic heterocycles. The minimum absolute atomic E-state index is 0.471. The fourth-order valence-electron chi connectivity index (χ4n) is 1.92. The van der Waals surface area contributed by atoms with Gasteiger partial charge in [0.1, 0.15) is 5.76 Å². The number of likely N-dealkylation sites (tertiary alicyclic amines) is 1. The van der Waals surface area contributed by atoms with Crippen molar-refractivity contribution >= 4 is 6.29 Å². The first kappa shape index (κ1) is 9.46. The van der Waals surface area contributed by atoms with Crippen LogP contribution in [0.2, 0.25) is 0 Å². The summed E-state index contributed by atoms with van der Waals surface area (Å²) < 4.78 is 5.42. The number of aldehydes is 1. The van der Waals surface area contributed by atoms with Crippen molar-refractivity contribution < 1.29 is 9.21 Å². The van der Waals surface area contributed by atoms with Gasteiger partial charge in [0, 0.05) is 0 Å². The first-order valence-electron chi connectivity index (χ1n) is 5.06. The van der Waals surface area contributed by atoms with Crippen LogP contribution in [0, 0.1) is 6.92 Å². The molecule has 0 bridgehead atoms. The van der Waals surface area contributed by atoms with Crippen molar-refractivity contribution in [2.45, 2.75) is 26.3 Å². The van der Waals surface area contributed by atoms with E-state index in [1.165, 1.54) is 12.8 Å². The van der Waals surface area contributed by atoms with Crippen LogP contribution < -0.4 is 0 Å². The van der Waals surface area contributed by atoms with Gasteiger partial charge in [0.05, 0.1) is 6.54 Å². The predicted molar refractivity (Wildman–Crippen MR) is 53.3 cm³/mol. The monoisotopic (exact) mass is 193 g/mol. The van der Waals surface area contributed by atoms with Crippen molar-refractivity contribution in [3.05, 3.63) is 23.2 Å². The van der Waals surface area contributed by atoms with E-state index >= 15 is 0 Å². The molecule has 0 spiro atoms. The summed E-state index contributed by atoms with van der Waals surface area (Å²) >= 11 is 0. The SMILES string of the molecule is Cc1cc(CN2CCCC2)oc1C=O. The molecule has 0 radical (unpaired) electrons. The smallest absolute Gasteiger partial charge is 0.185 e. The maximum atomic E-state index is 10.6. The lowest BCUT2D eigenvalue weighted by Crippen LogP contribution is -2.17. The maximum absolute atomic E-state index is 10.6. The van der Waals surface area contributed by atoms with Gasteiger partial charge in [0.2, 0.25) is 0 Å². The number of carbonyl (C=O) groups excluding carboxylic acids is 1. The van der Waals surface area contributed by atoms with E-state index in [9.17, 15) is 4.79 Å². The Kier molecular flexibility index (Phi) is 2.68. The van der Waals surface area contributed by atoms with E-state index in [0.29, 0.717) is 5.76 Å². The average Bonchev–Trinajstić information content (AvgIpc) is 2.76. The molecule has 14 heavy (non-hydrogen) atoms. The maximum Gasteiger partial charge on any atom is 0.185 e. The summed E-state index contributed by atoms with van der Waals surface area (Å²) in [6, 6.07) is 1.96. The molecule has 0 amide bonds. The van der Waals surface area contributed by atoms with Gasteiger partial charge in [0.15, 0.2) is 12.0 Å². The van der Waals surface area contributed by atoms with Gasteiger partial charge >= 0.3 is 0 Å². The highest BCUT2D eigenvalue weighted by Gasteiger charge is 2.14. The topological polar surface area (TPSA) is 33.5 Å². The Morgan fingerprint density at radius 1 is 1.50 bits per heavy atom. The molecule has 1 saturated heterocycles. The standard InChI is InChI=1S/C11H15NO2/c1-9-6-10(14-11(9)8-13)7-12-4-2-3-5-12/h6,8H,2-5,7H2,1H3. The van der Waals surface area contributed by atoms with Crippen molar-refractivity contribution in [2.24, 2.45) is 0 Å². The summed E-state index contributed by atoms with van der Waals surface area (Å²) in [4.78, 5) is 12.9. The van der Waals surface area contributed by atoms with Crippen LogP contribution >= 0.6 is 0 Å². The first-order valence-corrected chi connectivity index (χ1v) is 5.06. The fraction of sp³-hybridized carbons (Fsp3) is 0.545. The summed E-state index contributed by atoms with van der Waals surface area (Å²) in [5.41, 5.74) is 0.939. The Bertz CT molecular complexity index is 324. The highest BCUT2D eigenvalue weighted by Crippen LogP contribution is 2.17. The molecule has 3 heteroatoms. The number of aryl methyl sites for hydroxylation is 1. The van der Waals surface area contributed by atoms with Crippen LogP contribution in [-0.4, -0.2) is 24.3 Å². The third kappa shape index (κ3) is 1.87. The van der Waals surface area contributed by atoms with E-state index in [1.54, 1.807) is 0 Å². The van der Waals surface area contributed by atoms with Gasteiger partial charge in [-0.25, -0.2) is 0 Å². The van der Waals surface area contributed by atoms with Gasteiger partial charge in [-0.3, -0.25) is 9.69 Å². The number of rotatable bonds is 3. The van der Waals surface area contributed by atoms with E-state index in [4.69, 9.17) is 4.42 Å². The summed E-state index contributed by atoms with van der Waals surface area (Å²) in [6.45, 7) is 5.04. The molecule has 0 aliphatic carbocycles. The summed E-state index contributed by atoms with van der Waals surface area (Å²) in [6.07, 6.45) is 3.34. The zero-order chi connectivity index (χ0) is 9.97. The van der Waals surface area contributed by atoms with Crippen LogP contribution in [-0.2, 0) is 6.54 Å². The van der Waals surface area contributed by atoms with Crippen LogP contribution in [0.25, 0.3) is 0 Å². The van der Waals surface area contributed by atoms with Crippen molar-refractivity contribution in [3.63, 3.8) is 0 Å². The Morgan fingerprint density at radius 2 is 2.21 bits per heavy atom. The normalized spacial score (nSPS) is 17.5. The highest BCUT2D eigenvalue weighted by molar-refractivity contribution is 5.72. The Morgan fingerprint density at radius 3 is 2.79 bits per heavy atom. The second-order valence-electron chi connectivity index (χ2n) is 3.86. The Balaban J connectivity index is 2.04. The molecule has 1 aromatic heterocycles. The Labute approximate surface area is 83.7 Å². The molecule has 2 rings (SSSR count). The quantitative estimate of drug-likeness (QED) is 0.688. The Hall–Kier alpha value is -1.09. The van der Waals surface area contributed by atoms with E-state index < -0.39 is 0 Å². The lowest BCUT2D eigenvalue weighted by molar-refractivity contribution is 0.109. The van der Waals surface area contributed by atoms with Crippen LogP contribution in [0.5, 0.6) is 0 Å². The minimum Gasteiger partial charge on any atom is -0.457 e. The second kappa shape index (κ2) is 3.96. The molecular weight excluding hydrogens is 178 g/mol. The molecule has 0 saturated carbocycles. The van der Waals surface area contributed by atoms with Gasteiger partial charge in [-0.05, 0) is 44.5 Å². The summed E-state index contributed by atoms with van der Waals surface area (Å²) in [7, 11) is 0. The van der Waals surface area contributed by atoms with Gasteiger partial charge < -0.3 is 4.42 Å². The minimum atomic E-state index is 0.471. The zero-order valence-electron chi connectivity index (χ0n) is 8.45. The van der Waals surface area contributed by atoms with E-state index in [-0.39, 0.29) is 0 Å². The van der Waals surface area contributed by atoms with Gasteiger partial charge in [-0.15, -0.1) is 0 Å². The van der Waals surface area contributed by atoms with Gasteiger partial charge in [0.25, 0.3) is 0 Å². The van der Waals surface area contributed by atoms with E-state index in [2.05, 4.69) is 4.90 Å². The van der Waals surface area contributed by atoms with E-state index in [0.717, 1.165) is 37.2 Å². The molecule has 76 valence electrons.